The first-order chi connectivity index (χ1) is 10.2. The zero-order valence-corrected chi connectivity index (χ0v) is 12.0. The van der Waals surface area contributed by atoms with Crippen LogP contribution in [-0.4, -0.2) is 15.8 Å². The number of nitrogens with zero attached hydrogens (tertiary/aromatic N) is 2. The highest BCUT2D eigenvalue weighted by Gasteiger charge is 2.24. The number of benzene rings is 1. The van der Waals surface area contributed by atoms with Crippen LogP contribution in [0.15, 0.2) is 35.9 Å². The molecule has 21 heavy (non-hydrogen) atoms. The minimum absolute atomic E-state index is 0.166. The number of para-hydroxylation sites is 2. The number of nitriles is 1. The number of aromatic amines is 1. The van der Waals surface area contributed by atoms with Crippen LogP contribution in [0.25, 0.3) is 11.0 Å². The summed E-state index contributed by atoms with van der Waals surface area (Å²) in [5.41, 5.74) is 2.79. The molecule has 0 saturated heterocycles. The van der Waals surface area contributed by atoms with Gasteiger partial charge in [-0.2, -0.15) is 5.26 Å². The number of hydrogen-bond donors (Lipinski definition) is 1. The number of fused-ring (bicyclic) bond motifs is 1. The highest BCUT2D eigenvalue weighted by molar-refractivity contribution is 5.98. The second-order valence-corrected chi connectivity index (χ2v) is 5.75. The summed E-state index contributed by atoms with van der Waals surface area (Å²) >= 11 is 0. The van der Waals surface area contributed by atoms with E-state index < -0.39 is 5.92 Å². The van der Waals surface area contributed by atoms with Crippen LogP contribution >= 0.6 is 0 Å². The molecule has 0 radical (unpaired) electrons. The predicted octanol–water partition coefficient (Wildman–Crippen LogP) is 3.49. The highest BCUT2D eigenvalue weighted by atomic mass is 16.1. The summed E-state index contributed by atoms with van der Waals surface area (Å²) in [5, 5.41) is 9.34. The molecule has 0 bridgehead atoms. The Labute approximate surface area is 123 Å². The maximum absolute atomic E-state index is 12.4. The molecule has 1 fully saturated rings. The maximum atomic E-state index is 12.4. The largest absolute Gasteiger partial charge is 0.340 e. The zero-order valence-electron chi connectivity index (χ0n) is 12.0. The molecular weight excluding hydrogens is 262 g/mol. The van der Waals surface area contributed by atoms with Crippen molar-refractivity contribution in [1.82, 2.24) is 9.97 Å². The van der Waals surface area contributed by atoms with Gasteiger partial charge in [-0.1, -0.05) is 24.6 Å². The number of hydrogen-bond acceptors (Lipinski definition) is 3. The van der Waals surface area contributed by atoms with Crippen LogP contribution in [0.3, 0.4) is 0 Å². The zero-order chi connectivity index (χ0) is 14.8. The normalized spacial score (nSPS) is 21.5. The van der Waals surface area contributed by atoms with E-state index in [2.05, 4.69) is 23.0 Å². The van der Waals surface area contributed by atoms with E-state index in [1.807, 2.05) is 24.3 Å². The molecule has 1 N–H and O–H groups in total. The molecule has 1 aromatic heterocycles. The quantitative estimate of drug-likeness (QED) is 0.874. The second-order valence-electron chi connectivity index (χ2n) is 5.75. The average molecular weight is 279 g/mol. The van der Waals surface area contributed by atoms with Gasteiger partial charge < -0.3 is 4.98 Å². The van der Waals surface area contributed by atoms with Gasteiger partial charge in [0.25, 0.3) is 0 Å². The summed E-state index contributed by atoms with van der Waals surface area (Å²) < 4.78 is 0. The third kappa shape index (κ3) is 2.73. The van der Waals surface area contributed by atoms with Crippen LogP contribution in [0.1, 0.15) is 37.9 Å². The molecule has 2 aromatic rings. The minimum Gasteiger partial charge on any atom is -0.340 e. The van der Waals surface area contributed by atoms with Crippen molar-refractivity contribution in [2.75, 3.05) is 0 Å². The molecule has 1 aliphatic rings. The van der Waals surface area contributed by atoms with Gasteiger partial charge in [0.15, 0.2) is 11.7 Å². The van der Waals surface area contributed by atoms with E-state index in [-0.39, 0.29) is 5.78 Å². The van der Waals surface area contributed by atoms with Crippen molar-refractivity contribution in [3.05, 3.63) is 41.7 Å². The van der Waals surface area contributed by atoms with E-state index in [0.717, 1.165) is 35.9 Å². The third-order valence-electron chi connectivity index (χ3n) is 4.01. The molecule has 2 atom stereocenters. The standard InChI is InChI=1S/C17H17N3O/c1-11-6-7-12(8-11)9-16(21)13(10-18)17-19-14-4-2-3-5-15(14)20-17/h2-5,9,11,13H,6-8H2,1H3,(H,19,20). The van der Waals surface area contributed by atoms with E-state index in [1.165, 1.54) is 0 Å². The van der Waals surface area contributed by atoms with Gasteiger partial charge in [0.1, 0.15) is 5.82 Å². The number of rotatable bonds is 3. The number of imidazole rings is 1. The summed E-state index contributed by atoms with van der Waals surface area (Å²) in [6.45, 7) is 2.19. The minimum atomic E-state index is -0.846. The van der Waals surface area contributed by atoms with Crippen LogP contribution in [0.5, 0.6) is 0 Å². The molecule has 3 rings (SSSR count). The summed E-state index contributed by atoms with van der Waals surface area (Å²) in [5.74, 6) is 0.0591. The van der Waals surface area contributed by atoms with Gasteiger partial charge in [-0.3, -0.25) is 4.79 Å². The van der Waals surface area contributed by atoms with Crippen LogP contribution in [0.2, 0.25) is 0 Å². The van der Waals surface area contributed by atoms with E-state index in [1.54, 1.807) is 6.08 Å². The van der Waals surface area contributed by atoms with E-state index in [4.69, 9.17) is 0 Å². The van der Waals surface area contributed by atoms with E-state index in [9.17, 15) is 10.1 Å². The van der Waals surface area contributed by atoms with Crippen molar-refractivity contribution in [2.45, 2.75) is 32.1 Å². The van der Waals surface area contributed by atoms with Gasteiger partial charge in [0.05, 0.1) is 17.1 Å². The lowest BCUT2D eigenvalue weighted by Crippen LogP contribution is -2.10. The van der Waals surface area contributed by atoms with Crippen LogP contribution in [-0.2, 0) is 4.79 Å². The monoisotopic (exact) mass is 279 g/mol. The first-order valence-corrected chi connectivity index (χ1v) is 7.25. The Balaban J connectivity index is 1.88. The molecule has 1 aliphatic carbocycles. The topological polar surface area (TPSA) is 69.5 Å². The SMILES string of the molecule is CC1CCC(=CC(=O)C(C#N)c2nc3ccccc3[nH]2)C1. The van der Waals surface area contributed by atoms with Gasteiger partial charge >= 0.3 is 0 Å². The number of carbonyl (C=O) groups excluding carboxylic acids is 1. The molecule has 0 spiro atoms. The number of ketones is 1. The number of aromatic nitrogens is 2. The average Bonchev–Trinajstić information content (AvgIpc) is 3.05. The first-order valence-electron chi connectivity index (χ1n) is 7.25. The fraction of sp³-hybridized carbons (Fsp3) is 0.353. The van der Waals surface area contributed by atoms with Gasteiger partial charge in [0.2, 0.25) is 0 Å². The number of allylic oxidation sites excluding steroid dienone is 2. The Morgan fingerprint density at radius 2 is 2.33 bits per heavy atom. The van der Waals surface area contributed by atoms with Crippen molar-refractivity contribution in [1.29, 1.82) is 5.26 Å². The predicted molar refractivity (Wildman–Crippen MR) is 80.6 cm³/mol. The number of H-pyrrole nitrogens is 1. The molecule has 1 aromatic carbocycles. The van der Waals surface area contributed by atoms with Crippen molar-refractivity contribution < 1.29 is 4.79 Å². The lowest BCUT2D eigenvalue weighted by molar-refractivity contribution is -0.115. The molecule has 4 nitrogen and oxygen atoms in total. The molecule has 1 saturated carbocycles. The Hall–Kier alpha value is -2.41. The molecule has 106 valence electrons. The molecule has 1 heterocycles. The van der Waals surface area contributed by atoms with Crippen molar-refractivity contribution >= 4 is 16.8 Å². The first kappa shape index (κ1) is 13.6. The summed E-state index contributed by atoms with van der Waals surface area (Å²) in [6, 6.07) is 9.62. The summed E-state index contributed by atoms with van der Waals surface area (Å²) in [4.78, 5) is 19.8. The Bertz CT molecular complexity index is 718. The second kappa shape index (κ2) is 5.53. The van der Waals surface area contributed by atoms with Gasteiger partial charge in [0, 0.05) is 0 Å². The highest BCUT2D eigenvalue weighted by Crippen LogP contribution is 2.30. The smallest absolute Gasteiger partial charge is 0.180 e. The van der Waals surface area contributed by atoms with Gasteiger partial charge in [-0.25, -0.2) is 4.98 Å². The Morgan fingerprint density at radius 3 is 3.00 bits per heavy atom. The van der Waals surface area contributed by atoms with Crippen LogP contribution in [0.4, 0.5) is 0 Å². The van der Waals surface area contributed by atoms with E-state index in [0.29, 0.717) is 11.7 Å². The van der Waals surface area contributed by atoms with Crippen molar-refractivity contribution in [3.8, 4) is 6.07 Å². The van der Waals surface area contributed by atoms with E-state index >= 15 is 0 Å². The Kier molecular flexibility index (Phi) is 3.57. The van der Waals surface area contributed by atoms with Gasteiger partial charge in [-0.05, 0) is 43.4 Å². The number of nitrogens with one attached hydrogen (secondary N) is 1. The number of carbonyl (C=O) groups is 1. The maximum Gasteiger partial charge on any atom is 0.180 e. The summed E-state index contributed by atoms with van der Waals surface area (Å²) in [7, 11) is 0. The van der Waals surface area contributed by atoms with Crippen molar-refractivity contribution in [3.63, 3.8) is 0 Å². The molecule has 4 heteroatoms. The van der Waals surface area contributed by atoms with Gasteiger partial charge in [-0.15, -0.1) is 0 Å². The molecule has 0 aliphatic heterocycles. The van der Waals surface area contributed by atoms with Crippen LogP contribution in [0, 0.1) is 17.2 Å². The molecule has 2 unspecified atom stereocenters. The molecule has 0 amide bonds. The third-order valence-corrected chi connectivity index (χ3v) is 4.01. The Morgan fingerprint density at radius 1 is 1.52 bits per heavy atom. The fourth-order valence-electron chi connectivity index (χ4n) is 2.87. The summed E-state index contributed by atoms with van der Waals surface area (Å²) in [6.07, 6.45) is 4.71. The van der Waals surface area contributed by atoms with Crippen LogP contribution < -0.4 is 0 Å². The lowest BCUT2D eigenvalue weighted by Gasteiger charge is -2.02. The fourth-order valence-corrected chi connectivity index (χ4v) is 2.87. The molecular formula is C17H17N3O. The lowest BCUT2D eigenvalue weighted by atomic mass is 10.0. The van der Waals surface area contributed by atoms with Crippen molar-refractivity contribution in [2.24, 2.45) is 5.92 Å².